The molecular formula is C10H11Cl3O. The van der Waals surface area contributed by atoms with Crippen LogP contribution in [0, 0.1) is 13.8 Å². The van der Waals surface area contributed by atoms with E-state index >= 15 is 0 Å². The third-order valence-electron chi connectivity index (χ3n) is 2.08. The highest BCUT2D eigenvalue weighted by Gasteiger charge is 2.26. The van der Waals surface area contributed by atoms with Crippen LogP contribution >= 0.6 is 34.8 Å². The van der Waals surface area contributed by atoms with Gasteiger partial charge in [0.2, 0.25) is 0 Å². The SMILES string of the molecule is Cc1cc(C(Cl)(Cl)CCl)cc(C)c1O. The number of aryl methyl sites for hydroxylation is 2. The monoisotopic (exact) mass is 252 g/mol. The average Bonchev–Trinajstić information content (AvgIpc) is 2.13. The van der Waals surface area contributed by atoms with Crippen molar-refractivity contribution in [1.29, 1.82) is 0 Å². The summed E-state index contributed by atoms with van der Waals surface area (Å²) >= 11 is 17.6. The van der Waals surface area contributed by atoms with Crippen molar-refractivity contribution >= 4 is 34.8 Å². The Balaban J connectivity index is 3.26. The predicted octanol–water partition coefficient (Wildman–Crippen LogP) is 3.88. The Morgan fingerprint density at radius 3 is 2.00 bits per heavy atom. The zero-order valence-electron chi connectivity index (χ0n) is 7.94. The van der Waals surface area contributed by atoms with Crippen LogP contribution in [-0.2, 0) is 4.33 Å². The number of benzene rings is 1. The first-order chi connectivity index (χ1) is 6.38. The lowest BCUT2D eigenvalue weighted by Gasteiger charge is -2.18. The van der Waals surface area contributed by atoms with Crippen LogP contribution < -0.4 is 0 Å². The Morgan fingerprint density at radius 2 is 1.64 bits per heavy atom. The molecule has 0 aliphatic carbocycles. The molecule has 0 saturated carbocycles. The number of phenolic OH excluding ortho intramolecular Hbond substituents is 1. The predicted molar refractivity (Wildman–Crippen MR) is 61.7 cm³/mol. The highest BCUT2D eigenvalue weighted by atomic mass is 35.5. The van der Waals surface area contributed by atoms with Crippen molar-refractivity contribution in [2.45, 2.75) is 18.2 Å². The molecule has 0 amide bonds. The van der Waals surface area contributed by atoms with Gasteiger partial charge in [0, 0.05) is 0 Å². The molecule has 14 heavy (non-hydrogen) atoms. The summed E-state index contributed by atoms with van der Waals surface area (Å²) in [4.78, 5) is 0. The van der Waals surface area contributed by atoms with E-state index in [4.69, 9.17) is 34.8 Å². The van der Waals surface area contributed by atoms with E-state index < -0.39 is 4.33 Å². The zero-order chi connectivity index (χ0) is 10.9. The second-order valence-corrected chi connectivity index (χ2v) is 5.05. The Kier molecular flexibility index (Phi) is 3.57. The molecule has 0 heterocycles. The molecule has 4 heteroatoms. The summed E-state index contributed by atoms with van der Waals surface area (Å²) in [5.41, 5.74) is 2.20. The third kappa shape index (κ3) is 2.28. The van der Waals surface area contributed by atoms with Crippen LogP contribution in [0.2, 0.25) is 0 Å². The van der Waals surface area contributed by atoms with Gasteiger partial charge in [-0.2, -0.15) is 0 Å². The molecule has 0 aromatic heterocycles. The Labute approximate surface area is 98.6 Å². The molecule has 0 fully saturated rings. The third-order valence-corrected chi connectivity index (χ3v) is 3.46. The van der Waals surface area contributed by atoms with Gasteiger partial charge in [-0.25, -0.2) is 0 Å². The topological polar surface area (TPSA) is 20.2 Å². The maximum atomic E-state index is 9.55. The van der Waals surface area contributed by atoms with Crippen LogP contribution in [0.1, 0.15) is 16.7 Å². The van der Waals surface area contributed by atoms with Crippen LogP contribution in [0.3, 0.4) is 0 Å². The molecule has 78 valence electrons. The molecule has 1 N–H and O–H groups in total. The zero-order valence-corrected chi connectivity index (χ0v) is 10.2. The molecule has 0 saturated heterocycles. The van der Waals surface area contributed by atoms with Crippen LogP contribution in [0.25, 0.3) is 0 Å². The first-order valence-electron chi connectivity index (χ1n) is 4.13. The van der Waals surface area contributed by atoms with Gasteiger partial charge >= 0.3 is 0 Å². The summed E-state index contributed by atoms with van der Waals surface area (Å²) < 4.78 is -1.09. The maximum absolute atomic E-state index is 9.55. The molecule has 0 radical (unpaired) electrons. The van der Waals surface area contributed by atoms with Crippen molar-refractivity contribution in [2.75, 3.05) is 5.88 Å². The first kappa shape index (κ1) is 12.0. The lowest BCUT2D eigenvalue weighted by atomic mass is 10.0. The van der Waals surface area contributed by atoms with Gasteiger partial charge < -0.3 is 5.11 Å². The number of phenols is 1. The van der Waals surface area contributed by atoms with E-state index in [9.17, 15) is 5.11 Å². The van der Waals surface area contributed by atoms with Gasteiger partial charge in [0.15, 0.2) is 4.33 Å². The molecule has 0 bridgehead atoms. The molecular weight excluding hydrogens is 242 g/mol. The summed E-state index contributed by atoms with van der Waals surface area (Å²) in [6, 6.07) is 3.48. The van der Waals surface area contributed by atoms with Crippen LogP contribution in [0.5, 0.6) is 5.75 Å². The normalized spacial score (nSPS) is 11.8. The van der Waals surface area contributed by atoms with Gasteiger partial charge in [0.25, 0.3) is 0 Å². The minimum Gasteiger partial charge on any atom is -0.507 e. The Bertz CT molecular complexity index is 324. The maximum Gasteiger partial charge on any atom is 0.156 e. The minimum absolute atomic E-state index is 0.111. The van der Waals surface area contributed by atoms with E-state index in [0.29, 0.717) is 5.56 Å². The number of hydrogen-bond donors (Lipinski definition) is 1. The minimum atomic E-state index is -1.09. The van der Waals surface area contributed by atoms with E-state index in [1.165, 1.54) is 0 Å². The second-order valence-electron chi connectivity index (χ2n) is 3.30. The molecule has 0 unspecified atom stereocenters. The fraction of sp³-hybridized carbons (Fsp3) is 0.400. The summed E-state index contributed by atoms with van der Waals surface area (Å²) in [7, 11) is 0. The average molecular weight is 254 g/mol. The lowest BCUT2D eigenvalue weighted by Crippen LogP contribution is -2.12. The van der Waals surface area contributed by atoms with Crippen LogP contribution in [0.4, 0.5) is 0 Å². The fourth-order valence-electron chi connectivity index (χ4n) is 1.24. The molecule has 0 atom stereocenters. The van der Waals surface area contributed by atoms with Gasteiger partial charge in [0.1, 0.15) is 5.75 Å². The number of hydrogen-bond acceptors (Lipinski definition) is 1. The van der Waals surface area contributed by atoms with Crippen LogP contribution in [-0.4, -0.2) is 11.0 Å². The van der Waals surface area contributed by atoms with E-state index in [2.05, 4.69) is 0 Å². The lowest BCUT2D eigenvalue weighted by molar-refractivity contribution is 0.466. The van der Waals surface area contributed by atoms with Crippen molar-refractivity contribution in [3.63, 3.8) is 0 Å². The molecule has 1 aromatic rings. The van der Waals surface area contributed by atoms with Crippen molar-refractivity contribution in [3.05, 3.63) is 28.8 Å². The number of alkyl halides is 3. The largest absolute Gasteiger partial charge is 0.507 e. The van der Waals surface area contributed by atoms with Crippen molar-refractivity contribution in [2.24, 2.45) is 0 Å². The van der Waals surface area contributed by atoms with Gasteiger partial charge in [-0.05, 0) is 42.7 Å². The number of halogens is 3. The molecule has 1 aromatic carbocycles. The molecule has 0 spiro atoms. The molecule has 1 nitrogen and oxygen atoms in total. The van der Waals surface area contributed by atoms with Crippen molar-refractivity contribution in [3.8, 4) is 5.75 Å². The smallest absolute Gasteiger partial charge is 0.156 e. The molecule has 1 rings (SSSR count). The first-order valence-corrected chi connectivity index (χ1v) is 5.42. The van der Waals surface area contributed by atoms with E-state index in [-0.39, 0.29) is 11.6 Å². The molecule has 0 aliphatic rings. The van der Waals surface area contributed by atoms with E-state index in [0.717, 1.165) is 11.1 Å². The quantitative estimate of drug-likeness (QED) is 0.793. The summed E-state index contributed by atoms with van der Waals surface area (Å²) in [6.45, 7) is 3.59. The van der Waals surface area contributed by atoms with Gasteiger partial charge in [-0.1, -0.05) is 23.2 Å². The van der Waals surface area contributed by atoms with E-state index in [1.54, 1.807) is 26.0 Å². The van der Waals surface area contributed by atoms with Crippen molar-refractivity contribution < 1.29 is 5.11 Å². The highest BCUT2D eigenvalue weighted by molar-refractivity contribution is 6.51. The standard InChI is InChI=1S/C10H11Cl3O/c1-6-3-8(10(12,13)5-11)4-7(2)9(6)14/h3-4,14H,5H2,1-2H3. The second kappa shape index (κ2) is 4.18. The van der Waals surface area contributed by atoms with Crippen LogP contribution in [0.15, 0.2) is 12.1 Å². The van der Waals surface area contributed by atoms with Gasteiger partial charge in [-0.3, -0.25) is 0 Å². The van der Waals surface area contributed by atoms with Gasteiger partial charge in [0.05, 0.1) is 5.88 Å². The molecule has 0 aliphatic heterocycles. The number of rotatable bonds is 2. The van der Waals surface area contributed by atoms with E-state index in [1.807, 2.05) is 0 Å². The highest BCUT2D eigenvalue weighted by Crippen LogP contribution is 2.38. The summed E-state index contributed by atoms with van der Waals surface area (Å²) in [5, 5.41) is 9.55. The Hall–Kier alpha value is -0.110. The summed E-state index contributed by atoms with van der Waals surface area (Å²) in [6.07, 6.45) is 0. The van der Waals surface area contributed by atoms with Crippen molar-refractivity contribution in [1.82, 2.24) is 0 Å². The van der Waals surface area contributed by atoms with Gasteiger partial charge in [-0.15, -0.1) is 11.6 Å². The Morgan fingerprint density at radius 1 is 1.21 bits per heavy atom. The summed E-state index contributed by atoms with van der Waals surface area (Å²) in [5.74, 6) is 0.382. The number of aromatic hydroxyl groups is 1. The fourth-order valence-corrected chi connectivity index (χ4v) is 1.62.